The van der Waals surface area contributed by atoms with Crippen LogP contribution in [0, 0.1) is 0 Å². The number of ether oxygens (including phenoxy) is 2. The molecule has 1 N–H and O–H groups in total. The highest BCUT2D eigenvalue weighted by molar-refractivity contribution is 7.99. The number of allylic oxidation sites excluding steroid dienone is 1. The smallest absolute Gasteiger partial charge is 0.341 e. The summed E-state index contributed by atoms with van der Waals surface area (Å²) >= 11 is 2.65. The van der Waals surface area contributed by atoms with Crippen molar-refractivity contribution in [1.29, 1.82) is 0 Å². The molecule has 0 aliphatic rings. The summed E-state index contributed by atoms with van der Waals surface area (Å²) in [5.74, 6) is 0.902. The topological polar surface area (TPSA) is 95.3 Å². The molecule has 0 unspecified atom stereocenters. The summed E-state index contributed by atoms with van der Waals surface area (Å²) in [5.41, 5.74) is 1.27. The monoisotopic (exact) mass is 500 g/mol. The Morgan fingerprint density at radius 2 is 1.94 bits per heavy atom. The number of aromatic nitrogens is 3. The molecule has 180 valence electrons. The zero-order valence-electron chi connectivity index (χ0n) is 19.5. The maximum Gasteiger partial charge on any atom is 0.341 e. The second kappa shape index (κ2) is 12.4. The number of esters is 1. The lowest BCUT2D eigenvalue weighted by Crippen LogP contribution is -2.16. The Labute approximate surface area is 207 Å². The molecule has 3 rings (SSSR count). The molecule has 0 spiro atoms. The number of hydrogen-bond acceptors (Lipinski definition) is 8. The van der Waals surface area contributed by atoms with E-state index in [1.165, 1.54) is 23.1 Å². The first-order valence-corrected chi connectivity index (χ1v) is 12.8. The van der Waals surface area contributed by atoms with Crippen LogP contribution in [0.15, 0.2) is 48.1 Å². The molecule has 0 atom stereocenters. The fourth-order valence-electron chi connectivity index (χ4n) is 3.13. The lowest BCUT2D eigenvalue weighted by Gasteiger charge is -2.09. The van der Waals surface area contributed by atoms with Gasteiger partial charge < -0.3 is 14.8 Å². The van der Waals surface area contributed by atoms with Crippen molar-refractivity contribution < 1.29 is 19.1 Å². The Hall–Kier alpha value is -3.11. The molecule has 0 saturated heterocycles. The third kappa shape index (κ3) is 6.27. The van der Waals surface area contributed by atoms with E-state index >= 15 is 0 Å². The zero-order valence-corrected chi connectivity index (χ0v) is 21.1. The van der Waals surface area contributed by atoms with Crippen LogP contribution >= 0.6 is 23.1 Å². The van der Waals surface area contributed by atoms with E-state index in [1.54, 1.807) is 19.1 Å². The SMILES string of the molecule is C=CCn1c(SCC(=O)Nc2sc(CC)cc2C(=O)OCC)nnc1-c1ccc(OCC)cc1. The normalized spacial score (nSPS) is 10.7. The van der Waals surface area contributed by atoms with Crippen LogP contribution in [0.25, 0.3) is 11.4 Å². The molecule has 0 aliphatic carbocycles. The lowest BCUT2D eigenvalue weighted by molar-refractivity contribution is -0.113. The summed E-state index contributed by atoms with van der Waals surface area (Å²) in [4.78, 5) is 25.9. The molecule has 3 aromatic rings. The molecule has 10 heteroatoms. The van der Waals surface area contributed by atoms with Gasteiger partial charge in [0.25, 0.3) is 0 Å². The van der Waals surface area contributed by atoms with E-state index in [2.05, 4.69) is 22.1 Å². The van der Waals surface area contributed by atoms with Crippen LogP contribution in [0.5, 0.6) is 5.75 Å². The molecule has 1 amide bonds. The summed E-state index contributed by atoms with van der Waals surface area (Å²) < 4.78 is 12.5. The average Bonchev–Trinajstić information content (AvgIpc) is 3.43. The Kier molecular flexibility index (Phi) is 9.29. The highest BCUT2D eigenvalue weighted by Crippen LogP contribution is 2.30. The number of aryl methyl sites for hydroxylation is 1. The Morgan fingerprint density at radius 1 is 1.18 bits per heavy atom. The first kappa shape index (κ1) is 25.5. The molecule has 0 fully saturated rings. The van der Waals surface area contributed by atoms with Crippen molar-refractivity contribution in [3.8, 4) is 17.1 Å². The number of amides is 1. The van der Waals surface area contributed by atoms with E-state index in [0.29, 0.717) is 34.7 Å². The molecule has 0 bridgehead atoms. The Balaban J connectivity index is 1.72. The highest BCUT2D eigenvalue weighted by Gasteiger charge is 2.20. The predicted octanol–water partition coefficient (Wildman–Crippen LogP) is 5.06. The van der Waals surface area contributed by atoms with Gasteiger partial charge in [-0.3, -0.25) is 9.36 Å². The lowest BCUT2D eigenvalue weighted by atomic mass is 10.2. The summed E-state index contributed by atoms with van der Waals surface area (Å²) in [5, 5.41) is 12.6. The van der Waals surface area contributed by atoms with Crippen molar-refractivity contribution >= 4 is 40.0 Å². The summed E-state index contributed by atoms with van der Waals surface area (Å²) in [6.45, 7) is 10.9. The zero-order chi connectivity index (χ0) is 24.5. The minimum atomic E-state index is -0.438. The van der Waals surface area contributed by atoms with Crippen LogP contribution in [0.4, 0.5) is 5.00 Å². The maximum atomic E-state index is 12.7. The minimum absolute atomic E-state index is 0.111. The fraction of sp³-hybridized carbons (Fsp3) is 0.333. The van der Waals surface area contributed by atoms with Crippen LogP contribution in [-0.4, -0.2) is 45.6 Å². The first-order chi connectivity index (χ1) is 16.5. The van der Waals surface area contributed by atoms with Gasteiger partial charge in [0.05, 0.1) is 24.5 Å². The number of benzene rings is 1. The second-order valence-electron chi connectivity index (χ2n) is 7.03. The van der Waals surface area contributed by atoms with Gasteiger partial charge in [-0.2, -0.15) is 0 Å². The molecule has 2 aromatic heterocycles. The standard InChI is InChI=1S/C24H28N4O4S2/c1-5-13-28-21(16-9-11-17(12-10-16)31-7-3)26-27-24(28)33-15-20(29)25-22-19(23(30)32-8-4)14-18(6-2)34-22/h5,9-12,14H,1,6-8,13,15H2,2-4H3,(H,25,29). The number of thiophene rings is 1. The van der Waals surface area contributed by atoms with Crippen LogP contribution < -0.4 is 10.1 Å². The van der Waals surface area contributed by atoms with Crippen LogP contribution in [0.3, 0.4) is 0 Å². The van der Waals surface area contributed by atoms with Gasteiger partial charge in [-0.25, -0.2) is 4.79 Å². The number of nitrogens with zero attached hydrogens (tertiary/aromatic N) is 3. The quantitative estimate of drug-likeness (QED) is 0.211. The summed E-state index contributed by atoms with van der Waals surface area (Å²) in [6.07, 6.45) is 2.52. The average molecular weight is 501 g/mol. The number of carbonyl (C=O) groups is 2. The molecule has 0 saturated carbocycles. The van der Waals surface area contributed by atoms with Crippen molar-refractivity contribution in [3.63, 3.8) is 0 Å². The van der Waals surface area contributed by atoms with Gasteiger partial charge in [0.1, 0.15) is 10.8 Å². The van der Waals surface area contributed by atoms with E-state index in [9.17, 15) is 9.59 Å². The number of carbonyl (C=O) groups excluding carboxylic acids is 2. The third-order valence-electron chi connectivity index (χ3n) is 4.66. The largest absolute Gasteiger partial charge is 0.494 e. The third-order valence-corrected chi connectivity index (χ3v) is 6.83. The molecule has 8 nitrogen and oxygen atoms in total. The van der Waals surface area contributed by atoms with Gasteiger partial charge in [-0.05, 0) is 50.6 Å². The molecule has 1 aromatic carbocycles. The number of rotatable bonds is 12. The van der Waals surface area contributed by atoms with Gasteiger partial charge in [0, 0.05) is 17.0 Å². The molecule has 0 radical (unpaired) electrons. The van der Waals surface area contributed by atoms with Gasteiger partial charge in [-0.15, -0.1) is 28.1 Å². The number of thioether (sulfide) groups is 1. The molecular weight excluding hydrogens is 472 g/mol. The van der Waals surface area contributed by atoms with Crippen LogP contribution in [0.1, 0.15) is 36.0 Å². The molecule has 0 aliphatic heterocycles. The van der Waals surface area contributed by atoms with Crippen molar-refractivity contribution in [2.75, 3.05) is 24.3 Å². The van der Waals surface area contributed by atoms with Crippen LogP contribution in [-0.2, 0) is 22.5 Å². The summed E-state index contributed by atoms with van der Waals surface area (Å²) in [7, 11) is 0. The van der Waals surface area contributed by atoms with Gasteiger partial charge in [-0.1, -0.05) is 24.8 Å². The van der Waals surface area contributed by atoms with Crippen LogP contribution in [0.2, 0.25) is 0 Å². The van der Waals surface area contributed by atoms with E-state index in [0.717, 1.165) is 22.6 Å². The fourth-order valence-corrected chi connectivity index (χ4v) is 4.88. The van der Waals surface area contributed by atoms with E-state index in [1.807, 2.05) is 42.7 Å². The van der Waals surface area contributed by atoms with Gasteiger partial charge in [0.2, 0.25) is 5.91 Å². The minimum Gasteiger partial charge on any atom is -0.494 e. The molecule has 2 heterocycles. The second-order valence-corrected chi connectivity index (χ2v) is 9.11. The molecule has 34 heavy (non-hydrogen) atoms. The summed E-state index contributed by atoms with van der Waals surface area (Å²) in [6, 6.07) is 9.40. The predicted molar refractivity (Wildman–Crippen MR) is 136 cm³/mol. The van der Waals surface area contributed by atoms with Crippen molar-refractivity contribution in [2.24, 2.45) is 0 Å². The molecular formula is C24H28N4O4S2. The van der Waals surface area contributed by atoms with E-state index in [4.69, 9.17) is 9.47 Å². The Bertz CT molecular complexity index is 1140. The first-order valence-electron chi connectivity index (χ1n) is 11.0. The number of nitrogens with one attached hydrogen (secondary N) is 1. The van der Waals surface area contributed by atoms with Gasteiger partial charge >= 0.3 is 5.97 Å². The van der Waals surface area contributed by atoms with Crippen molar-refractivity contribution in [3.05, 3.63) is 53.4 Å². The highest BCUT2D eigenvalue weighted by atomic mass is 32.2. The Morgan fingerprint density at radius 3 is 2.59 bits per heavy atom. The number of anilines is 1. The van der Waals surface area contributed by atoms with Gasteiger partial charge in [0.15, 0.2) is 11.0 Å². The van der Waals surface area contributed by atoms with Crippen molar-refractivity contribution in [1.82, 2.24) is 14.8 Å². The number of hydrogen-bond donors (Lipinski definition) is 1. The van der Waals surface area contributed by atoms with E-state index in [-0.39, 0.29) is 18.3 Å². The van der Waals surface area contributed by atoms with Crippen molar-refractivity contribution in [2.45, 2.75) is 38.9 Å². The van der Waals surface area contributed by atoms with E-state index < -0.39 is 5.97 Å². The maximum absolute atomic E-state index is 12.7.